The van der Waals surface area contributed by atoms with Crippen LogP contribution in [0.25, 0.3) is 0 Å². The number of phenols is 4. The fourth-order valence-corrected chi connectivity index (χ4v) is 9.90. The summed E-state index contributed by atoms with van der Waals surface area (Å²) in [4.78, 5) is 16.3. The van der Waals surface area contributed by atoms with Crippen LogP contribution in [0.15, 0.2) is 48.5 Å². The Kier molecular flexibility index (Phi) is 13.4. The zero-order valence-electron chi connectivity index (χ0n) is 44.8. The molecule has 0 bridgehead atoms. The molecule has 4 rings (SSSR count). The summed E-state index contributed by atoms with van der Waals surface area (Å²) in [5, 5.41) is 61.7. The highest BCUT2D eigenvalue weighted by molar-refractivity contribution is 5.91. The number of carboxylic acids is 1. The maximum atomic E-state index is 16.3. The molecule has 0 spiro atoms. The highest BCUT2D eigenvalue weighted by Crippen LogP contribution is 2.59. The van der Waals surface area contributed by atoms with Crippen LogP contribution in [-0.2, 0) is 53.5 Å². The van der Waals surface area contributed by atoms with Gasteiger partial charge in [0, 0.05) is 5.92 Å². The lowest BCUT2D eigenvalue weighted by atomic mass is 9.53. The van der Waals surface area contributed by atoms with Crippen molar-refractivity contribution >= 4 is 5.97 Å². The van der Waals surface area contributed by atoms with Gasteiger partial charge in [0.25, 0.3) is 0 Å². The monoisotopic (exact) mass is 891 g/mol. The van der Waals surface area contributed by atoms with Gasteiger partial charge >= 0.3 is 5.97 Å². The summed E-state index contributed by atoms with van der Waals surface area (Å²) in [6.45, 7) is 49.5. The van der Waals surface area contributed by atoms with Crippen molar-refractivity contribution in [1.29, 1.82) is 0 Å². The van der Waals surface area contributed by atoms with Gasteiger partial charge in [-0.3, -0.25) is 4.79 Å². The molecule has 0 fully saturated rings. The number of rotatable bonds is 6. The lowest BCUT2D eigenvalue weighted by Gasteiger charge is -2.47. The summed E-state index contributed by atoms with van der Waals surface area (Å²) in [5.74, 6) is -1.72. The molecule has 0 aliphatic rings. The van der Waals surface area contributed by atoms with Crippen LogP contribution in [0.4, 0.5) is 0 Å². The molecular formula is C59H86O6. The van der Waals surface area contributed by atoms with Crippen LogP contribution in [0, 0.1) is 0 Å². The number of aliphatic carboxylic acids is 1. The predicted octanol–water partition coefficient (Wildman–Crippen LogP) is 15.1. The molecule has 0 amide bonds. The molecule has 65 heavy (non-hydrogen) atoms. The lowest BCUT2D eigenvalue weighted by molar-refractivity contribution is -0.142. The SMILES string of the molecule is CC(C)(C)c1cc(C(c2cc(C(C)(C)C)c(O)cc2C(C)(C)C)C(C(=O)O)(c2cc(C(C)(C)C)c(O)cc2C(C)(C)C)c2cc(C(C)(C)C)c(O)cc2C(C)(C)C)c(C(C)(C)C)cc1O. The van der Waals surface area contributed by atoms with Gasteiger partial charge in [-0.1, -0.05) is 178 Å². The molecule has 0 unspecified atom stereocenters. The first-order valence-electron chi connectivity index (χ1n) is 23.6. The minimum Gasteiger partial charge on any atom is -0.508 e. The molecule has 5 N–H and O–H groups in total. The van der Waals surface area contributed by atoms with E-state index in [-0.39, 0.29) is 23.0 Å². The van der Waals surface area contributed by atoms with Gasteiger partial charge in [0.05, 0.1) is 0 Å². The van der Waals surface area contributed by atoms with Gasteiger partial charge in [0.1, 0.15) is 28.4 Å². The fourth-order valence-electron chi connectivity index (χ4n) is 9.90. The topological polar surface area (TPSA) is 118 Å². The summed E-state index contributed by atoms with van der Waals surface area (Å²) in [6.07, 6.45) is 0. The Balaban J connectivity index is 2.82. The van der Waals surface area contributed by atoms with E-state index in [4.69, 9.17) is 0 Å². The quantitative estimate of drug-likeness (QED) is 0.132. The molecule has 4 aromatic rings. The molecule has 4 aromatic carbocycles. The van der Waals surface area contributed by atoms with E-state index in [0.29, 0.717) is 44.5 Å². The molecule has 0 aromatic heterocycles. The summed E-state index contributed by atoms with van der Waals surface area (Å²) in [6, 6.07) is 15.3. The first kappa shape index (κ1) is 53.2. The average Bonchev–Trinajstić information content (AvgIpc) is 3.07. The molecule has 0 aliphatic heterocycles. The van der Waals surface area contributed by atoms with Gasteiger partial charge in [0.2, 0.25) is 0 Å². The Bertz CT molecular complexity index is 2300. The predicted molar refractivity (Wildman–Crippen MR) is 272 cm³/mol. The maximum Gasteiger partial charge on any atom is 0.319 e. The van der Waals surface area contributed by atoms with Crippen LogP contribution in [0.5, 0.6) is 23.0 Å². The Morgan fingerprint density at radius 2 is 0.508 bits per heavy atom. The Hall–Kier alpha value is -4.45. The first-order valence-corrected chi connectivity index (χ1v) is 23.6. The van der Waals surface area contributed by atoms with Crippen molar-refractivity contribution in [2.75, 3.05) is 0 Å². The second-order valence-electron chi connectivity index (χ2n) is 27.3. The van der Waals surface area contributed by atoms with E-state index in [1.54, 1.807) is 12.1 Å². The Morgan fingerprint density at radius 3 is 0.708 bits per heavy atom. The number of carbonyl (C=O) groups is 1. The van der Waals surface area contributed by atoms with Crippen molar-refractivity contribution in [3.05, 3.63) is 115 Å². The van der Waals surface area contributed by atoms with Gasteiger partial charge < -0.3 is 25.5 Å². The molecule has 6 nitrogen and oxygen atoms in total. The zero-order valence-corrected chi connectivity index (χ0v) is 44.8. The molecule has 0 radical (unpaired) electrons. The highest BCUT2D eigenvalue weighted by atomic mass is 16.4. The normalized spacial score (nSPS) is 14.0. The van der Waals surface area contributed by atoms with Crippen molar-refractivity contribution in [2.45, 2.75) is 221 Å². The van der Waals surface area contributed by atoms with Crippen LogP contribution >= 0.6 is 0 Å². The molecule has 358 valence electrons. The molecule has 0 atom stereocenters. The van der Waals surface area contributed by atoms with Gasteiger partial charge in [-0.2, -0.15) is 0 Å². The van der Waals surface area contributed by atoms with Crippen molar-refractivity contribution in [1.82, 2.24) is 0 Å². The third-order valence-electron chi connectivity index (χ3n) is 13.3. The minimum absolute atomic E-state index is 0.0872. The van der Waals surface area contributed by atoms with Crippen molar-refractivity contribution in [3.63, 3.8) is 0 Å². The lowest BCUT2D eigenvalue weighted by Crippen LogP contribution is -2.48. The van der Waals surface area contributed by atoms with Crippen LogP contribution < -0.4 is 0 Å². The summed E-state index contributed by atoms with van der Waals surface area (Å²) in [7, 11) is 0. The van der Waals surface area contributed by atoms with E-state index in [9.17, 15) is 25.5 Å². The largest absolute Gasteiger partial charge is 0.508 e. The van der Waals surface area contributed by atoms with E-state index < -0.39 is 60.6 Å². The third kappa shape index (κ3) is 10.1. The number of phenolic OH excluding ortho intramolecular Hbond substituents is 4. The molecule has 0 aliphatic carbocycles. The van der Waals surface area contributed by atoms with Crippen LogP contribution in [0.3, 0.4) is 0 Å². The summed E-state index contributed by atoms with van der Waals surface area (Å²) >= 11 is 0. The molecule has 0 saturated heterocycles. The third-order valence-corrected chi connectivity index (χ3v) is 13.3. The van der Waals surface area contributed by atoms with E-state index in [1.807, 2.05) is 65.8 Å². The number of aromatic hydroxyl groups is 4. The van der Waals surface area contributed by atoms with Gasteiger partial charge in [-0.05, 0) is 146 Å². The minimum atomic E-state index is -2.02. The fraction of sp³-hybridized carbons (Fsp3) is 0.576. The van der Waals surface area contributed by atoms with Crippen LogP contribution in [-0.4, -0.2) is 31.5 Å². The van der Waals surface area contributed by atoms with Gasteiger partial charge in [-0.25, -0.2) is 0 Å². The standard InChI is InChI=1S/C59H86O6/c1-51(2,3)35-29-45(60)41(55(13,14)15)25-33(35)49(34-26-42(56(16,17)18)46(61)30-36(34)52(4,5)6)59(50(64)65,39-27-43(57(19,20)21)47(62)31-37(39)53(7,8)9)40-28-44(58(22,23)24)48(63)32-38(40)54(10,11)12/h25-32,49,60-63H,1-24H3,(H,64,65). The Labute approximate surface area is 394 Å². The smallest absolute Gasteiger partial charge is 0.319 e. The number of hydrogen-bond donors (Lipinski definition) is 5. The Morgan fingerprint density at radius 1 is 0.308 bits per heavy atom. The second-order valence-corrected chi connectivity index (χ2v) is 27.3. The van der Waals surface area contributed by atoms with E-state index in [1.165, 1.54) is 0 Å². The van der Waals surface area contributed by atoms with Crippen molar-refractivity contribution < 1.29 is 30.3 Å². The number of hydrogen-bond acceptors (Lipinski definition) is 5. The van der Waals surface area contributed by atoms with Crippen LogP contribution in [0.2, 0.25) is 0 Å². The van der Waals surface area contributed by atoms with E-state index >= 15 is 4.79 Å². The summed E-state index contributed by atoms with van der Waals surface area (Å²) in [5.41, 5.74) is 0.950. The van der Waals surface area contributed by atoms with Crippen LogP contribution in [0.1, 0.15) is 239 Å². The average molecular weight is 891 g/mol. The molecule has 6 heteroatoms. The highest BCUT2D eigenvalue weighted by Gasteiger charge is 2.57. The first-order chi connectivity index (χ1) is 28.8. The molecule has 0 saturated carbocycles. The van der Waals surface area contributed by atoms with Crippen molar-refractivity contribution in [2.24, 2.45) is 0 Å². The summed E-state index contributed by atoms with van der Waals surface area (Å²) < 4.78 is 0. The van der Waals surface area contributed by atoms with Gasteiger partial charge in [-0.15, -0.1) is 0 Å². The van der Waals surface area contributed by atoms with Gasteiger partial charge in [0.15, 0.2) is 0 Å². The van der Waals surface area contributed by atoms with E-state index in [2.05, 4.69) is 137 Å². The zero-order chi connectivity index (χ0) is 50.5. The van der Waals surface area contributed by atoms with Crippen molar-refractivity contribution in [3.8, 4) is 23.0 Å². The van der Waals surface area contributed by atoms with E-state index in [0.717, 1.165) is 22.3 Å². The molecule has 0 heterocycles. The molecular weight excluding hydrogens is 805 g/mol. The number of benzene rings is 4. The maximum absolute atomic E-state index is 16.3. The second kappa shape index (κ2) is 16.4. The number of carboxylic acid groups (broad SMARTS) is 1.